The van der Waals surface area contributed by atoms with Gasteiger partial charge in [0.05, 0.1) is 9.37 Å². The van der Waals surface area contributed by atoms with Gasteiger partial charge < -0.3 is 10.2 Å². The fourth-order valence-electron chi connectivity index (χ4n) is 2.44. The largest absolute Gasteiger partial charge is 0.314 e. The molecule has 0 spiro atoms. The summed E-state index contributed by atoms with van der Waals surface area (Å²) >= 11 is 3.03. The number of hydrogen-bond acceptors (Lipinski definition) is 4. The zero-order valence-electron chi connectivity index (χ0n) is 12.5. The minimum atomic E-state index is -3.61. The highest BCUT2D eigenvalue weighted by molar-refractivity contribution is 9.10. The van der Waals surface area contributed by atoms with E-state index in [1.165, 1.54) is 12.1 Å². The Balaban J connectivity index is 1.89. The predicted octanol–water partition coefficient (Wildman–Crippen LogP) is 1.47. The van der Waals surface area contributed by atoms with Gasteiger partial charge in [-0.2, -0.15) is 0 Å². The van der Waals surface area contributed by atoms with Crippen LogP contribution in [0.5, 0.6) is 0 Å². The van der Waals surface area contributed by atoms with Crippen LogP contribution in [0.15, 0.2) is 21.5 Å². The number of aryl methyl sites for hydroxylation is 1. The highest BCUT2D eigenvalue weighted by Gasteiger charge is 2.18. The molecule has 0 bridgehead atoms. The van der Waals surface area contributed by atoms with Crippen LogP contribution in [0.4, 0.5) is 4.39 Å². The summed E-state index contributed by atoms with van der Waals surface area (Å²) in [6.45, 7) is 6.79. The van der Waals surface area contributed by atoms with Crippen LogP contribution in [-0.2, 0) is 10.0 Å². The van der Waals surface area contributed by atoms with E-state index in [-0.39, 0.29) is 9.37 Å². The third kappa shape index (κ3) is 4.73. The van der Waals surface area contributed by atoms with Crippen LogP contribution in [0.25, 0.3) is 0 Å². The topological polar surface area (TPSA) is 61.4 Å². The van der Waals surface area contributed by atoms with E-state index in [0.717, 1.165) is 39.1 Å². The lowest BCUT2D eigenvalue weighted by Crippen LogP contribution is -2.44. The van der Waals surface area contributed by atoms with Gasteiger partial charge in [0.2, 0.25) is 10.0 Å². The van der Waals surface area contributed by atoms with E-state index < -0.39 is 15.8 Å². The Morgan fingerprint density at radius 3 is 2.73 bits per heavy atom. The lowest BCUT2D eigenvalue weighted by molar-refractivity contribution is 0.239. The fourth-order valence-corrected chi connectivity index (χ4v) is 4.26. The molecule has 1 aliphatic heterocycles. The molecule has 0 unspecified atom stereocenters. The van der Waals surface area contributed by atoms with Crippen molar-refractivity contribution < 1.29 is 12.8 Å². The van der Waals surface area contributed by atoms with Gasteiger partial charge in [-0.1, -0.05) is 0 Å². The van der Waals surface area contributed by atoms with Gasteiger partial charge in [0.25, 0.3) is 0 Å². The molecule has 0 radical (unpaired) electrons. The lowest BCUT2D eigenvalue weighted by Gasteiger charge is -2.27. The molecule has 22 heavy (non-hydrogen) atoms. The second-order valence-corrected chi connectivity index (χ2v) is 7.96. The first-order valence-corrected chi connectivity index (χ1v) is 9.56. The van der Waals surface area contributed by atoms with Gasteiger partial charge in [0, 0.05) is 32.7 Å². The van der Waals surface area contributed by atoms with Crippen LogP contribution in [0.2, 0.25) is 0 Å². The molecule has 0 amide bonds. The monoisotopic (exact) mass is 393 g/mol. The second-order valence-electron chi connectivity index (χ2n) is 5.37. The quantitative estimate of drug-likeness (QED) is 0.718. The Morgan fingerprint density at radius 1 is 1.36 bits per heavy atom. The molecule has 1 heterocycles. The number of halogens is 2. The van der Waals surface area contributed by atoms with E-state index in [1.54, 1.807) is 6.92 Å². The van der Waals surface area contributed by atoms with Crippen LogP contribution in [0.1, 0.15) is 12.0 Å². The second kappa shape index (κ2) is 7.83. The van der Waals surface area contributed by atoms with Gasteiger partial charge in [-0.25, -0.2) is 17.5 Å². The van der Waals surface area contributed by atoms with E-state index in [4.69, 9.17) is 0 Å². The van der Waals surface area contributed by atoms with Gasteiger partial charge in [0.15, 0.2) is 0 Å². The van der Waals surface area contributed by atoms with Crippen molar-refractivity contribution in [2.24, 2.45) is 0 Å². The van der Waals surface area contributed by atoms with Gasteiger partial charge in [-0.05, 0) is 53.5 Å². The van der Waals surface area contributed by atoms with E-state index in [2.05, 4.69) is 30.9 Å². The van der Waals surface area contributed by atoms with Crippen molar-refractivity contribution in [3.05, 3.63) is 28.0 Å². The maximum atomic E-state index is 13.4. The summed E-state index contributed by atoms with van der Waals surface area (Å²) in [6.07, 6.45) is 0.751. The minimum absolute atomic E-state index is 0.114. The molecule has 0 aromatic heterocycles. The van der Waals surface area contributed by atoms with Crippen molar-refractivity contribution in [2.75, 3.05) is 39.3 Å². The first-order chi connectivity index (χ1) is 10.4. The summed E-state index contributed by atoms with van der Waals surface area (Å²) in [5, 5.41) is 3.28. The van der Waals surface area contributed by atoms with Crippen LogP contribution >= 0.6 is 15.9 Å². The average Bonchev–Trinajstić information content (AvgIpc) is 2.48. The SMILES string of the molecule is Cc1cc(F)c(Br)cc1S(=O)(=O)NCCCN1CCNCC1. The fraction of sp³-hybridized carbons (Fsp3) is 0.571. The van der Waals surface area contributed by atoms with Gasteiger partial charge >= 0.3 is 0 Å². The molecule has 1 saturated heterocycles. The van der Waals surface area contributed by atoms with Crippen molar-refractivity contribution >= 4 is 26.0 Å². The van der Waals surface area contributed by atoms with Gasteiger partial charge in [0.1, 0.15) is 5.82 Å². The zero-order chi connectivity index (χ0) is 16.2. The minimum Gasteiger partial charge on any atom is -0.314 e. The Morgan fingerprint density at radius 2 is 2.05 bits per heavy atom. The third-order valence-corrected chi connectivity index (χ3v) is 5.87. The predicted molar refractivity (Wildman–Crippen MR) is 88.0 cm³/mol. The Bertz CT molecular complexity index is 619. The molecule has 1 fully saturated rings. The number of hydrogen-bond donors (Lipinski definition) is 2. The van der Waals surface area contributed by atoms with Crippen molar-refractivity contribution in [3.63, 3.8) is 0 Å². The van der Waals surface area contributed by atoms with Gasteiger partial charge in [-0.15, -0.1) is 0 Å². The first kappa shape index (κ1) is 17.8. The Hall–Kier alpha value is -0.540. The summed E-state index contributed by atoms with van der Waals surface area (Å²) < 4.78 is 40.7. The van der Waals surface area contributed by atoms with Crippen molar-refractivity contribution in [2.45, 2.75) is 18.2 Å². The highest BCUT2D eigenvalue weighted by Crippen LogP contribution is 2.23. The van der Waals surface area contributed by atoms with Crippen LogP contribution in [0.3, 0.4) is 0 Å². The molecule has 0 aliphatic carbocycles. The molecule has 1 aliphatic rings. The maximum Gasteiger partial charge on any atom is 0.240 e. The average molecular weight is 394 g/mol. The standard InChI is InChI=1S/C14H21BrFN3O2S/c1-11-9-13(16)12(15)10-14(11)22(20,21)18-3-2-6-19-7-4-17-5-8-19/h9-10,17-18H,2-8H2,1H3. The molecule has 124 valence electrons. The molecule has 1 aromatic carbocycles. The smallest absolute Gasteiger partial charge is 0.240 e. The molecule has 5 nitrogen and oxygen atoms in total. The highest BCUT2D eigenvalue weighted by atomic mass is 79.9. The van der Waals surface area contributed by atoms with E-state index in [9.17, 15) is 12.8 Å². The lowest BCUT2D eigenvalue weighted by atomic mass is 10.2. The summed E-state index contributed by atoms with van der Waals surface area (Å²) in [7, 11) is -3.61. The number of sulfonamides is 1. The van der Waals surface area contributed by atoms with E-state index >= 15 is 0 Å². The van der Waals surface area contributed by atoms with E-state index in [0.29, 0.717) is 12.1 Å². The van der Waals surface area contributed by atoms with Crippen LogP contribution < -0.4 is 10.0 Å². The normalized spacial score (nSPS) is 16.9. The van der Waals surface area contributed by atoms with Crippen LogP contribution in [0, 0.1) is 12.7 Å². The first-order valence-electron chi connectivity index (χ1n) is 7.28. The van der Waals surface area contributed by atoms with Crippen molar-refractivity contribution in [1.82, 2.24) is 14.9 Å². The molecule has 0 saturated carbocycles. The van der Waals surface area contributed by atoms with Crippen molar-refractivity contribution in [1.29, 1.82) is 0 Å². The Kier molecular flexibility index (Phi) is 6.34. The van der Waals surface area contributed by atoms with Crippen LogP contribution in [-0.4, -0.2) is 52.6 Å². The molecule has 1 aromatic rings. The zero-order valence-corrected chi connectivity index (χ0v) is 14.9. The maximum absolute atomic E-state index is 13.4. The Labute approximate surface area is 139 Å². The van der Waals surface area contributed by atoms with Crippen molar-refractivity contribution in [3.8, 4) is 0 Å². The third-order valence-electron chi connectivity index (χ3n) is 3.66. The summed E-state index contributed by atoms with van der Waals surface area (Å²) in [4.78, 5) is 2.42. The molecule has 2 rings (SSSR count). The molecular formula is C14H21BrFN3O2S. The molecule has 8 heteroatoms. The number of nitrogens with one attached hydrogen (secondary N) is 2. The molecule has 0 atom stereocenters. The molecule has 2 N–H and O–H groups in total. The number of benzene rings is 1. The summed E-state index contributed by atoms with van der Waals surface area (Å²) in [5.41, 5.74) is 0.398. The number of piperazine rings is 1. The molecular weight excluding hydrogens is 373 g/mol. The summed E-state index contributed by atoms with van der Waals surface area (Å²) in [5.74, 6) is -0.463. The number of rotatable bonds is 6. The van der Waals surface area contributed by atoms with E-state index in [1.807, 2.05) is 0 Å². The summed E-state index contributed by atoms with van der Waals surface area (Å²) in [6, 6.07) is 2.53. The number of nitrogens with zero attached hydrogens (tertiary/aromatic N) is 1. The van der Waals surface area contributed by atoms with Gasteiger partial charge in [-0.3, -0.25) is 0 Å².